The SMILES string of the molecule is Nc1ccccc1NC(=O)c1ccc(CNC(=O)C(Cc2c[nH]c3ccccc23)NC(=O)CN2CCOCC2)cc1. The van der Waals surface area contributed by atoms with E-state index in [2.05, 4.69) is 20.9 Å². The van der Waals surface area contributed by atoms with Crippen molar-refractivity contribution in [1.82, 2.24) is 20.5 Å². The average molecular weight is 555 g/mol. The number of fused-ring (bicyclic) bond motifs is 1. The monoisotopic (exact) mass is 554 g/mol. The molecule has 6 N–H and O–H groups in total. The molecule has 1 fully saturated rings. The molecule has 10 heteroatoms. The van der Waals surface area contributed by atoms with Crippen molar-refractivity contribution in [2.24, 2.45) is 0 Å². The summed E-state index contributed by atoms with van der Waals surface area (Å²) >= 11 is 0. The minimum absolute atomic E-state index is 0.207. The number of carbonyl (C=O) groups is 3. The molecule has 41 heavy (non-hydrogen) atoms. The number of nitrogens with one attached hydrogen (secondary N) is 4. The van der Waals surface area contributed by atoms with Gasteiger partial charge in [-0.15, -0.1) is 0 Å². The van der Waals surface area contributed by atoms with Gasteiger partial charge in [0, 0.05) is 48.7 Å². The molecule has 1 saturated heterocycles. The number of anilines is 2. The van der Waals surface area contributed by atoms with Crippen molar-refractivity contribution in [2.75, 3.05) is 43.9 Å². The van der Waals surface area contributed by atoms with Gasteiger partial charge in [-0.1, -0.05) is 42.5 Å². The van der Waals surface area contributed by atoms with E-state index in [1.165, 1.54) is 0 Å². The first-order chi connectivity index (χ1) is 20.0. The molecule has 10 nitrogen and oxygen atoms in total. The maximum atomic E-state index is 13.4. The van der Waals surface area contributed by atoms with E-state index in [9.17, 15) is 14.4 Å². The Kier molecular flexibility index (Phi) is 8.92. The van der Waals surface area contributed by atoms with Crippen LogP contribution in [-0.4, -0.2) is 66.5 Å². The number of morpholine rings is 1. The lowest BCUT2D eigenvalue weighted by molar-refractivity contribution is -0.130. The number of hydrogen-bond donors (Lipinski definition) is 5. The van der Waals surface area contributed by atoms with Gasteiger partial charge in [0.2, 0.25) is 11.8 Å². The summed E-state index contributed by atoms with van der Waals surface area (Å²) in [5, 5.41) is 9.71. The number of ether oxygens (including phenoxy) is 1. The van der Waals surface area contributed by atoms with E-state index in [1.54, 1.807) is 48.5 Å². The highest BCUT2D eigenvalue weighted by Gasteiger charge is 2.24. The summed E-state index contributed by atoms with van der Waals surface area (Å²) in [6, 6.07) is 21.1. The lowest BCUT2D eigenvalue weighted by Gasteiger charge is -2.27. The molecule has 0 spiro atoms. The minimum Gasteiger partial charge on any atom is -0.397 e. The molecule has 3 aromatic carbocycles. The molecule has 4 aromatic rings. The number of nitrogens with zero attached hydrogens (tertiary/aromatic N) is 1. The topological polar surface area (TPSA) is 142 Å². The smallest absolute Gasteiger partial charge is 0.255 e. The molecule has 0 saturated carbocycles. The Balaban J connectivity index is 1.22. The standard InChI is InChI=1S/C31H34N6O4/c32-25-6-2-4-8-27(25)36-30(39)22-11-9-21(10-12-22)18-34-31(40)28(35-29(38)20-37-13-15-41-16-14-37)17-23-19-33-26-7-3-1-5-24(23)26/h1-12,19,28,33H,13-18,20,32H2,(H,34,40)(H,35,38)(H,36,39). The maximum Gasteiger partial charge on any atom is 0.255 e. The van der Waals surface area contributed by atoms with Crippen LogP contribution in [0.15, 0.2) is 79.0 Å². The van der Waals surface area contributed by atoms with E-state index < -0.39 is 6.04 Å². The highest BCUT2D eigenvalue weighted by Crippen LogP contribution is 2.20. The molecule has 1 aliphatic rings. The summed E-state index contributed by atoms with van der Waals surface area (Å²) in [6.45, 7) is 2.99. The predicted molar refractivity (Wildman–Crippen MR) is 158 cm³/mol. The second-order valence-corrected chi connectivity index (χ2v) is 10.0. The van der Waals surface area contributed by atoms with Crippen LogP contribution in [0.1, 0.15) is 21.5 Å². The number of nitrogen functional groups attached to an aromatic ring is 1. The normalized spacial score (nSPS) is 14.3. The maximum absolute atomic E-state index is 13.4. The molecule has 0 bridgehead atoms. The second kappa shape index (κ2) is 13.1. The number of H-pyrrole nitrogens is 1. The van der Waals surface area contributed by atoms with Gasteiger partial charge in [-0.05, 0) is 41.5 Å². The molecule has 1 unspecified atom stereocenters. The third-order valence-corrected chi connectivity index (χ3v) is 7.11. The summed E-state index contributed by atoms with van der Waals surface area (Å²) in [5.41, 5.74) is 10.2. The molecule has 1 aliphatic heterocycles. The molecule has 0 radical (unpaired) electrons. The number of benzene rings is 3. The number of carbonyl (C=O) groups excluding carboxylic acids is 3. The molecule has 0 aliphatic carbocycles. The first-order valence-electron chi connectivity index (χ1n) is 13.6. The predicted octanol–water partition coefficient (Wildman–Crippen LogP) is 2.68. The van der Waals surface area contributed by atoms with Crippen LogP contribution in [0.4, 0.5) is 11.4 Å². The summed E-state index contributed by atoms with van der Waals surface area (Å²) < 4.78 is 5.37. The fraction of sp³-hybridized carbons (Fsp3) is 0.258. The Morgan fingerprint density at radius 3 is 2.46 bits per heavy atom. The van der Waals surface area contributed by atoms with E-state index >= 15 is 0 Å². The lowest BCUT2D eigenvalue weighted by Crippen LogP contribution is -2.51. The van der Waals surface area contributed by atoms with Crippen molar-refractivity contribution >= 4 is 40.0 Å². The zero-order valence-electron chi connectivity index (χ0n) is 22.7. The van der Waals surface area contributed by atoms with Crippen LogP contribution < -0.4 is 21.7 Å². The molecule has 1 aromatic heterocycles. The van der Waals surface area contributed by atoms with Crippen LogP contribution in [0.5, 0.6) is 0 Å². The van der Waals surface area contributed by atoms with Gasteiger partial charge in [0.05, 0.1) is 31.1 Å². The number of hydrogen-bond acceptors (Lipinski definition) is 6. The largest absolute Gasteiger partial charge is 0.397 e. The number of aromatic nitrogens is 1. The molecular formula is C31H34N6O4. The highest BCUT2D eigenvalue weighted by molar-refractivity contribution is 6.05. The molecule has 3 amide bonds. The Labute approximate surface area is 238 Å². The van der Waals surface area contributed by atoms with Crippen molar-refractivity contribution in [1.29, 1.82) is 0 Å². The summed E-state index contributed by atoms with van der Waals surface area (Å²) in [4.78, 5) is 44.2. The van der Waals surface area contributed by atoms with Gasteiger partial charge >= 0.3 is 0 Å². The summed E-state index contributed by atoms with van der Waals surface area (Å²) in [5.74, 6) is -0.770. The lowest BCUT2D eigenvalue weighted by atomic mass is 10.0. The van der Waals surface area contributed by atoms with E-state index in [1.807, 2.05) is 35.4 Å². The number of para-hydroxylation sites is 3. The van der Waals surface area contributed by atoms with Crippen LogP contribution in [0.2, 0.25) is 0 Å². The van der Waals surface area contributed by atoms with Crippen molar-refractivity contribution in [3.63, 3.8) is 0 Å². The quantitative estimate of drug-likeness (QED) is 0.191. The second-order valence-electron chi connectivity index (χ2n) is 10.0. The Bertz CT molecular complexity index is 1510. The van der Waals surface area contributed by atoms with E-state index in [0.29, 0.717) is 49.7 Å². The zero-order valence-corrected chi connectivity index (χ0v) is 22.7. The third kappa shape index (κ3) is 7.30. The number of aromatic amines is 1. The molecule has 1 atom stereocenters. The van der Waals surface area contributed by atoms with Gasteiger partial charge in [0.15, 0.2) is 0 Å². The fourth-order valence-electron chi connectivity index (χ4n) is 4.82. The van der Waals surface area contributed by atoms with Gasteiger partial charge in [-0.25, -0.2) is 0 Å². The van der Waals surface area contributed by atoms with Crippen molar-refractivity contribution in [3.8, 4) is 0 Å². The molecule has 5 rings (SSSR count). The minimum atomic E-state index is -0.760. The van der Waals surface area contributed by atoms with Gasteiger partial charge < -0.3 is 31.4 Å². The van der Waals surface area contributed by atoms with E-state index in [-0.39, 0.29) is 30.8 Å². The van der Waals surface area contributed by atoms with Crippen LogP contribution in [0, 0.1) is 0 Å². The van der Waals surface area contributed by atoms with Gasteiger partial charge in [0.1, 0.15) is 6.04 Å². The van der Waals surface area contributed by atoms with E-state index in [4.69, 9.17) is 10.5 Å². The van der Waals surface area contributed by atoms with Crippen LogP contribution in [0.25, 0.3) is 10.9 Å². The number of amides is 3. The van der Waals surface area contributed by atoms with E-state index in [0.717, 1.165) is 22.0 Å². The highest BCUT2D eigenvalue weighted by atomic mass is 16.5. The first kappa shape index (κ1) is 27.9. The number of nitrogens with two attached hydrogens (primary N) is 1. The van der Waals surface area contributed by atoms with Crippen molar-refractivity contribution < 1.29 is 19.1 Å². The van der Waals surface area contributed by atoms with Crippen LogP contribution in [0.3, 0.4) is 0 Å². The molecule has 212 valence electrons. The molecular weight excluding hydrogens is 520 g/mol. The summed E-state index contributed by atoms with van der Waals surface area (Å²) in [6.07, 6.45) is 2.22. The average Bonchev–Trinajstić information content (AvgIpc) is 3.40. The molecule has 2 heterocycles. The number of rotatable bonds is 10. The third-order valence-electron chi connectivity index (χ3n) is 7.11. The van der Waals surface area contributed by atoms with Crippen molar-refractivity contribution in [2.45, 2.75) is 19.0 Å². The van der Waals surface area contributed by atoms with Crippen LogP contribution >= 0.6 is 0 Å². The van der Waals surface area contributed by atoms with Gasteiger partial charge in [0.25, 0.3) is 5.91 Å². The Morgan fingerprint density at radius 1 is 0.951 bits per heavy atom. The Morgan fingerprint density at radius 2 is 1.68 bits per heavy atom. The fourth-order valence-corrected chi connectivity index (χ4v) is 4.82. The van der Waals surface area contributed by atoms with Crippen molar-refractivity contribution in [3.05, 3.63) is 95.7 Å². The van der Waals surface area contributed by atoms with Crippen LogP contribution in [-0.2, 0) is 27.3 Å². The summed E-state index contributed by atoms with van der Waals surface area (Å²) in [7, 11) is 0. The Hall–Kier alpha value is -4.67. The zero-order chi connectivity index (χ0) is 28.6. The first-order valence-corrected chi connectivity index (χ1v) is 13.6. The van der Waals surface area contributed by atoms with Gasteiger partial charge in [-0.3, -0.25) is 19.3 Å². The van der Waals surface area contributed by atoms with Gasteiger partial charge in [-0.2, -0.15) is 0 Å².